The number of aromatic carboxylic acids is 1. The van der Waals surface area contributed by atoms with E-state index in [1.54, 1.807) is 12.1 Å². The third-order valence-corrected chi connectivity index (χ3v) is 4.55. The summed E-state index contributed by atoms with van der Waals surface area (Å²) in [5.74, 6) is -0.0569. The van der Waals surface area contributed by atoms with Gasteiger partial charge in [-0.2, -0.15) is 0 Å². The van der Waals surface area contributed by atoms with E-state index < -0.39 is 5.97 Å². The summed E-state index contributed by atoms with van der Waals surface area (Å²) in [6.45, 7) is 5.29. The average molecular weight is 257 g/mol. The Kier molecular flexibility index (Phi) is 2.85. The summed E-state index contributed by atoms with van der Waals surface area (Å²) in [5.41, 5.74) is 4.02. The minimum absolute atomic E-state index is 0.372. The Morgan fingerprint density at radius 2 is 2.11 bits per heavy atom. The number of carboxylic acid groups (broad SMARTS) is 1. The van der Waals surface area contributed by atoms with Gasteiger partial charge in [0.1, 0.15) is 0 Å². The van der Waals surface area contributed by atoms with Crippen LogP contribution in [-0.4, -0.2) is 15.6 Å². The van der Waals surface area contributed by atoms with E-state index in [-0.39, 0.29) is 0 Å². The normalized spacial score (nSPS) is 15.7. The van der Waals surface area contributed by atoms with E-state index in [0.717, 1.165) is 17.8 Å². The molecule has 3 nitrogen and oxygen atoms in total. The van der Waals surface area contributed by atoms with Gasteiger partial charge in [0.25, 0.3) is 0 Å². The predicted molar refractivity (Wildman–Crippen MR) is 75.7 cm³/mol. The second-order valence-electron chi connectivity index (χ2n) is 5.66. The monoisotopic (exact) mass is 257 g/mol. The van der Waals surface area contributed by atoms with Crippen LogP contribution in [0.5, 0.6) is 0 Å². The van der Waals surface area contributed by atoms with E-state index in [9.17, 15) is 4.79 Å². The molecule has 0 spiro atoms. The molecule has 3 heteroatoms. The molecule has 1 aromatic heterocycles. The van der Waals surface area contributed by atoms with E-state index in [1.807, 2.05) is 6.07 Å². The maximum atomic E-state index is 11.1. The van der Waals surface area contributed by atoms with Gasteiger partial charge in [0.15, 0.2) is 0 Å². The van der Waals surface area contributed by atoms with E-state index in [0.29, 0.717) is 5.56 Å². The highest BCUT2D eigenvalue weighted by Gasteiger charge is 2.21. The van der Waals surface area contributed by atoms with E-state index in [4.69, 9.17) is 5.11 Å². The van der Waals surface area contributed by atoms with Crippen molar-refractivity contribution in [1.29, 1.82) is 0 Å². The van der Waals surface area contributed by atoms with E-state index in [1.165, 1.54) is 36.0 Å². The molecule has 1 aromatic carbocycles. The summed E-state index contributed by atoms with van der Waals surface area (Å²) in [5, 5.41) is 10.2. The molecule has 0 atom stereocenters. The minimum atomic E-state index is -0.856. The molecule has 0 saturated heterocycles. The van der Waals surface area contributed by atoms with E-state index >= 15 is 0 Å². The number of aryl methyl sites for hydroxylation is 1. The maximum absolute atomic E-state index is 11.1. The number of fused-ring (bicyclic) bond motifs is 1. The van der Waals surface area contributed by atoms with Gasteiger partial charge in [0.2, 0.25) is 0 Å². The zero-order chi connectivity index (χ0) is 13.6. The molecular weight excluding hydrogens is 238 g/mol. The van der Waals surface area contributed by atoms with Gasteiger partial charge in [-0.1, -0.05) is 6.42 Å². The summed E-state index contributed by atoms with van der Waals surface area (Å²) in [6, 6.07) is 5.47. The van der Waals surface area contributed by atoms with Crippen molar-refractivity contribution in [2.24, 2.45) is 5.92 Å². The van der Waals surface area contributed by atoms with Crippen molar-refractivity contribution in [2.45, 2.75) is 39.7 Å². The number of nitrogens with zero attached hydrogens (tertiary/aromatic N) is 1. The van der Waals surface area contributed by atoms with Gasteiger partial charge >= 0.3 is 5.97 Å². The van der Waals surface area contributed by atoms with E-state index in [2.05, 4.69) is 18.4 Å². The lowest BCUT2D eigenvalue weighted by Crippen LogP contribution is -2.18. The first-order valence-electron chi connectivity index (χ1n) is 6.90. The van der Waals surface area contributed by atoms with Crippen LogP contribution in [0.25, 0.3) is 10.9 Å². The van der Waals surface area contributed by atoms with Gasteiger partial charge in [0, 0.05) is 23.1 Å². The molecule has 0 aliphatic heterocycles. The summed E-state index contributed by atoms with van der Waals surface area (Å²) in [7, 11) is 0. The van der Waals surface area contributed by atoms with Gasteiger partial charge in [-0.15, -0.1) is 0 Å². The molecule has 1 saturated carbocycles. The zero-order valence-electron chi connectivity index (χ0n) is 11.4. The van der Waals surface area contributed by atoms with Crippen LogP contribution in [0.1, 0.15) is 40.9 Å². The van der Waals surface area contributed by atoms with Crippen molar-refractivity contribution >= 4 is 16.9 Å². The van der Waals surface area contributed by atoms with Crippen LogP contribution in [0.15, 0.2) is 18.2 Å². The van der Waals surface area contributed by atoms with Crippen molar-refractivity contribution in [1.82, 2.24) is 4.57 Å². The highest BCUT2D eigenvalue weighted by molar-refractivity contribution is 5.95. The molecule has 1 N–H and O–H groups in total. The number of benzene rings is 1. The van der Waals surface area contributed by atoms with Crippen LogP contribution >= 0.6 is 0 Å². The topological polar surface area (TPSA) is 42.2 Å². The first-order chi connectivity index (χ1) is 9.08. The molecule has 1 aliphatic carbocycles. The van der Waals surface area contributed by atoms with Gasteiger partial charge < -0.3 is 9.67 Å². The van der Waals surface area contributed by atoms with Crippen LogP contribution in [-0.2, 0) is 6.54 Å². The smallest absolute Gasteiger partial charge is 0.335 e. The molecule has 2 aromatic rings. The second-order valence-corrected chi connectivity index (χ2v) is 5.66. The fourth-order valence-corrected chi connectivity index (χ4v) is 2.95. The summed E-state index contributed by atoms with van der Waals surface area (Å²) >= 11 is 0. The standard InChI is InChI=1S/C16H19NO2/c1-10-11(2)17(9-12-4-3-5-12)15-7-6-13(16(18)19)8-14(10)15/h6-8,12H,3-5,9H2,1-2H3,(H,18,19). The fourth-order valence-electron chi connectivity index (χ4n) is 2.95. The zero-order valence-corrected chi connectivity index (χ0v) is 11.4. The van der Waals surface area contributed by atoms with Crippen molar-refractivity contribution in [3.63, 3.8) is 0 Å². The predicted octanol–water partition coefficient (Wildman–Crippen LogP) is 3.76. The Hall–Kier alpha value is -1.77. The highest BCUT2D eigenvalue weighted by atomic mass is 16.4. The average Bonchev–Trinajstić information content (AvgIpc) is 2.57. The molecule has 3 rings (SSSR count). The lowest BCUT2D eigenvalue weighted by molar-refractivity contribution is 0.0697. The van der Waals surface area contributed by atoms with Crippen molar-refractivity contribution in [3.05, 3.63) is 35.0 Å². The molecule has 1 fully saturated rings. The Balaban J connectivity index is 2.11. The van der Waals surface area contributed by atoms with Gasteiger partial charge in [-0.25, -0.2) is 4.79 Å². The van der Waals surface area contributed by atoms with Gasteiger partial charge in [-0.3, -0.25) is 0 Å². The Labute approximate surface area is 112 Å². The second kappa shape index (κ2) is 4.41. The van der Waals surface area contributed by atoms with Crippen LogP contribution < -0.4 is 0 Å². The van der Waals surface area contributed by atoms with Crippen LogP contribution in [0.3, 0.4) is 0 Å². The number of carboxylic acids is 1. The number of rotatable bonds is 3. The highest BCUT2D eigenvalue weighted by Crippen LogP contribution is 2.32. The number of aromatic nitrogens is 1. The third-order valence-electron chi connectivity index (χ3n) is 4.55. The summed E-state index contributed by atoms with van der Waals surface area (Å²) in [4.78, 5) is 11.1. The lowest BCUT2D eigenvalue weighted by Gasteiger charge is -2.26. The molecule has 0 radical (unpaired) electrons. The molecule has 100 valence electrons. The number of hydrogen-bond donors (Lipinski definition) is 1. The molecule has 0 amide bonds. The Bertz CT molecular complexity index is 650. The van der Waals surface area contributed by atoms with Crippen LogP contribution in [0.4, 0.5) is 0 Å². The van der Waals surface area contributed by atoms with Crippen LogP contribution in [0, 0.1) is 19.8 Å². The minimum Gasteiger partial charge on any atom is -0.478 e. The fraction of sp³-hybridized carbons (Fsp3) is 0.438. The molecule has 1 aliphatic rings. The first-order valence-corrected chi connectivity index (χ1v) is 6.90. The molecule has 0 bridgehead atoms. The first kappa shape index (κ1) is 12.3. The SMILES string of the molecule is Cc1c(C)n(CC2CCC2)c2ccc(C(=O)O)cc12. The largest absolute Gasteiger partial charge is 0.478 e. The van der Waals surface area contributed by atoms with Gasteiger partial charge in [0.05, 0.1) is 5.56 Å². The quantitative estimate of drug-likeness (QED) is 0.909. The molecule has 1 heterocycles. The molecule has 0 unspecified atom stereocenters. The summed E-state index contributed by atoms with van der Waals surface area (Å²) in [6.07, 6.45) is 4.00. The van der Waals surface area contributed by atoms with Crippen molar-refractivity contribution < 1.29 is 9.90 Å². The van der Waals surface area contributed by atoms with Crippen molar-refractivity contribution in [2.75, 3.05) is 0 Å². The Morgan fingerprint density at radius 3 is 2.68 bits per heavy atom. The summed E-state index contributed by atoms with van der Waals surface area (Å²) < 4.78 is 2.36. The molecular formula is C16H19NO2. The number of hydrogen-bond acceptors (Lipinski definition) is 1. The maximum Gasteiger partial charge on any atom is 0.335 e. The third kappa shape index (κ3) is 1.93. The van der Waals surface area contributed by atoms with Crippen LogP contribution in [0.2, 0.25) is 0 Å². The van der Waals surface area contributed by atoms with Gasteiger partial charge in [-0.05, 0) is 56.4 Å². The Morgan fingerprint density at radius 1 is 1.37 bits per heavy atom. The molecule has 19 heavy (non-hydrogen) atoms. The van der Waals surface area contributed by atoms with Crippen molar-refractivity contribution in [3.8, 4) is 0 Å². The number of carbonyl (C=O) groups is 1. The lowest BCUT2D eigenvalue weighted by atomic mass is 9.85.